The number of nitrogens with one attached hydrogen (secondary N) is 1. The Morgan fingerprint density at radius 1 is 1.56 bits per heavy atom. The van der Waals surface area contributed by atoms with Crippen LogP contribution in [0.2, 0.25) is 0 Å². The summed E-state index contributed by atoms with van der Waals surface area (Å²) in [6.45, 7) is 3.54. The highest BCUT2D eigenvalue weighted by molar-refractivity contribution is 5.89. The molecule has 1 aromatic heterocycles. The van der Waals surface area contributed by atoms with Crippen LogP contribution in [0.4, 0.5) is 0 Å². The molecule has 6 heteroatoms. The van der Waals surface area contributed by atoms with Crippen molar-refractivity contribution in [2.24, 2.45) is 0 Å². The lowest BCUT2D eigenvalue weighted by Crippen LogP contribution is -2.60. The van der Waals surface area contributed by atoms with E-state index in [0.717, 1.165) is 12.2 Å². The van der Waals surface area contributed by atoms with Crippen molar-refractivity contribution in [3.8, 4) is 0 Å². The number of aryl methyl sites for hydroxylation is 1. The van der Waals surface area contributed by atoms with E-state index in [2.05, 4.69) is 10.3 Å². The molecule has 0 bridgehead atoms. The van der Waals surface area contributed by atoms with Gasteiger partial charge in [-0.2, -0.15) is 0 Å². The molecule has 1 fully saturated rings. The summed E-state index contributed by atoms with van der Waals surface area (Å²) in [6.07, 6.45) is 5.18. The van der Waals surface area contributed by atoms with Gasteiger partial charge < -0.3 is 15.0 Å². The number of aliphatic carboxylic acids is 1. The number of hydrogen-bond donors (Lipinski definition) is 2. The number of carboxylic acid groups (broad SMARTS) is 1. The Bertz CT molecular complexity index is 477. The number of amides is 1. The van der Waals surface area contributed by atoms with Gasteiger partial charge in [-0.1, -0.05) is 0 Å². The Hall–Kier alpha value is -1.85. The lowest BCUT2D eigenvalue weighted by molar-refractivity contribution is -0.152. The zero-order valence-electron chi connectivity index (χ0n) is 10.5. The highest BCUT2D eigenvalue weighted by Gasteiger charge is 2.46. The lowest BCUT2D eigenvalue weighted by Gasteiger charge is -2.39. The van der Waals surface area contributed by atoms with E-state index in [1.165, 1.54) is 0 Å². The number of rotatable bonds is 4. The molecule has 0 aromatic carbocycles. The Morgan fingerprint density at radius 2 is 2.22 bits per heavy atom. The van der Waals surface area contributed by atoms with Crippen LogP contribution in [-0.4, -0.2) is 32.1 Å². The van der Waals surface area contributed by atoms with E-state index in [-0.39, 0.29) is 5.91 Å². The molecule has 1 amide bonds. The first kappa shape index (κ1) is 12.6. The average Bonchev–Trinajstić information content (AvgIpc) is 2.67. The molecule has 6 nitrogen and oxygen atoms in total. The number of hydrogen-bond acceptors (Lipinski definition) is 3. The third kappa shape index (κ3) is 1.98. The smallest absolute Gasteiger partial charge is 0.329 e. The summed E-state index contributed by atoms with van der Waals surface area (Å²) >= 11 is 0. The Kier molecular flexibility index (Phi) is 3.11. The summed E-state index contributed by atoms with van der Waals surface area (Å²) in [5.41, 5.74) is -1.06. The molecule has 0 aliphatic heterocycles. The molecule has 2 N–H and O–H groups in total. The van der Waals surface area contributed by atoms with Crippen molar-refractivity contribution >= 4 is 11.9 Å². The summed E-state index contributed by atoms with van der Waals surface area (Å²) in [7, 11) is 0. The molecule has 0 unspecified atom stereocenters. The molecule has 0 spiro atoms. The monoisotopic (exact) mass is 251 g/mol. The van der Waals surface area contributed by atoms with Gasteiger partial charge in [-0.25, -0.2) is 9.78 Å². The highest BCUT2D eigenvalue weighted by atomic mass is 16.4. The molecule has 0 radical (unpaired) electrons. The van der Waals surface area contributed by atoms with E-state index in [0.29, 0.717) is 12.8 Å². The average molecular weight is 251 g/mol. The SMILES string of the molecule is Cc1nccn1[C@H](C)C(=O)NC1(C(=O)O)CCC1. The van der Waals surface area contributed by atoms with Crippen LogP contribution in [0.3, 0.4) is 0 Å². The van der Waals surface area contributed by atoms with Crippen LogP contribution in [0.1, 0.15) is 38.1 Å². The number of carbonyl (C=O) groups is 2. The van der Waals surface area contributed by atoms with Crippen molar-refractivity contribution in [1.29, 1.82) is 0 Å². The van der Waals surface area contributed by atoms with Gasteiger partial charge >= 0.3 is 5.97 Å². The fourth-order valence-corrected chi connectivity index (χ4v) is 2.19. The second-order valence-corrected chi connectivity index (χ2v) is 4.79. The second kappa shape index (κ2) is 4.44. The minimum absolute atomic E-state index is 0.279. The first-order valence-electron chi connectivity index (χ1n) is 6.01. The van der Waals surface area contributed by atoms with E-state index in [9.17, 15) is 9.59 Å². The van der Waals surface area contributed by atoms with Gasteiger partial charge in [-0.15, -0.1) is 0 Å². The molecule has 1 heterocycles. The first-order chi connectivity index (χ1) is 8.46. The Morgan fingerprint density at radius 3 is 2.61 bits per heavy atom. The van der Waals surface area contributed by atoms with E-state index in [1.807, 2.05) is 0 Å². The fourth-order valence-electron chi connectivity index (χ4n) is 2.19. The van der Waals surface area contributed by atoms with Gasteiger partial charge in [0.15, 0.2) is 0 Å². The minimum Gasteiger partial charge on any atom is -0.480 e. The van der Waals surface area contributed by atoms with Gasteiger partial charge in [-0.3, -0.25) is 4.79 Å². The Labute approximate surface area is 105 Å². The topological polar surface area (TPSA) is 84.2 Å². The molecule has 1 saturated carbocycles. The van der Waals surface area contributed by atoms with E-state index in [1.54, 1.807) is 30.8 Å². The van der Waals surface area contributed by atoms with Crippen molar-refractivity contribution < 1.29 is 14.7 Å². The summed E-state index contributed by atoms with van der Waals surface area (Å²) in [5.74, 6) is -0.495. The highest BCUT2D eigenvalue weighted by Crippen LogP contribution is 2.32. The van der Waals surface area contributed by atoms with Crippen molar-refractivity contribution in [3.63, 3.8) is 0 Å². The van der Waals surface area contributed by atoms with Crippen LogP contribution < -0.4 is 5.32 Å². The van der Waals surface area contributed by atoms with Crippen molar-refractivity contribution in [3.05, 3.63) is 18.2 Å². The predicted octanol–water partition coefficient (Wildman–Crippen LogP) is 0.876. The summed E-state index contributed by atoms with van der Waals surface area (Å²) in [6, 6.07) is -0.454. The van der Waals surface area contributed by atoms with Gasteiger partial charge in [0, 0.05) is 12.4 Å². The molecule has 1 aromatic rings. The summed E-state index contributed by atoms with van der Waals surface area (Å²) in [5, 5.41) is 11.8. The number of carboxylic acids is 1. The fraction of sp³-hybridized carbons (Fsp3) is 0.583. The van der Waals surface area contributed by atoms with Gasteiger partial charge in [0.1, 0.15) is 17.4 Å². The molecular weight excluding hydrogens is 234 g/mol. The van der Waals surface area contributed by atoms with Crippen LogP contribution in [0.25, 0.3) is 0 Å². The van der Waals surface area contributed by atoms with E-state index < -0.39 is 17.6 Å². The van der Waals surface area contributed by atoms with Crippen LogP contribution in [0, 0.1) is 6.92 Å². The van der Waals surface area contributed by atoms with E-state index in [4.69, 9.17) is 5.11 Å². The third-order valence-electron chi connectivity index (χ3n) is 3.64. The van der Waals surface area contributed by atoms with Crippen LogP contribution in [0.15, 0.2) is 12.4 Å². The van der Waals surface area contributed by atoms with Crippen LogP contribution in [-0.2, 0) is 9.59 Å². The van der Waals surface area contributed by atoms with Crippen molar-refractivity contribution in [2.45, 2.75) is 44.7 Å². The van der Waals surface area contributed by atoms with Crippen molar-refractivity contribution in [1.82, 2.24) is 14.9 Å². The molecular formula is C12H17N3O3. The van der Waals surface area contributed by atoms with Gasteiger partial charge in [0.2, 0.25) is 5.91 Å². The minimum atomic E-state index is -1.06. The van der Waals surface area contributed by atoms with Gasteiger partial charge in [0.25, 0.3) is 0 Å². The van der Waals surface area contributed by atoms with E-state index >= 15 is 0 Å². The Balaban J connectivity index is 2.09. The third-order valence-corrected chi connectivity index (χ3v) is 3.64. The van der Waals surface area contributed by atoms with Gasteiger partial charge in [-0.05, 0) is 33.1 Å². The molecule has 98 valence electrons. The maximum absolute atomic E-state index is 12.1. The number of imidazole rings is 1. The summed E-state index contributed by atoms with van der Waals surface area (Å²) < 4.78 is 1.73. The second-order valence-electron chi connectivity index (χ2n) is 4.79. The molecule has 1 aliphatic carbocycles. The maximum atomic E-state index is 12.1. The molecule has 0 saturated heterocycles. The quantitative estimate of drug-likeness (QED) is 0.831. The lowest BCUT2D eigenvalue weighted by atomic mass is 9.76. The van der Waals surface area contributed by atoms with Crippen LogP contribution in [0.5, 0.6) is 0 Å². The maximum Gasteiger partial charge on any atom is 0.329 e. The number of carbonyl (C=O) groups excluding carboxylic acids is 1. The van der Waals surface area contributed by atoms with Gasteiger partial charge in [0.05, 0.1) is 0 Å². The first-order valence-corrected chi connectivity index (χ1v) is 6.01. The standard InChI is InChI=1S/C12H17N3O3/c1-8(15-7-6-13-9(15)2)10(16)14-12(11(17)18)4-3-5-12/h6-8H,3-5H2,1-2H3,(H,14,16)(H,17,18)/t8-/m1/s1. The normalized spacial score (nSPS) is 18.8. The zero-order valence-corrected chi connectivity index (χ0v) is 10.5. The summed E-state index contributed by atoms with van der Waals surface area (Å²) in [4.78, 5) is 27.3. The largest absolute Gasteiger partial charge is 0.480 e. The number of aromatic nitrogens is 2. The van der Waals surface area contributed by atoms with Crippen LogP contribution >= 0.6 is 0 Å². The number of nitrogens with zero attached hydrogens (tertiary/aromatic N) is 2. The molecule has 18 heavy (non-hydrogen) atoms. The van der Waals surface area contributed by atoms with Crippen molar-refractivity contribution in [2.75, 3.05) is 0 Å². The zero-order chi connectivity index (χ0) is 13.3. The molecule has 1 atom stereocenters. The molecule has 1 aliphatic rings. The predicted molar refractivity (Wildman–Crippen MR) is 64.0 cm³/mol. The molecule has 2 rings (SSSR count).